The Hall–Kier alpha value is -3.36. The van der Waals surface area contributed by atoms with E-state index >= 15 is 0 Å². The second-order valence-electron chi connectivity index (χ2n) is 7.88. The first-order valence-corrected chi connectivity index (χ1v) is 9.56. The van der Waals surface area contributed by atoms with Gasteiger partial charge < -0.3 is 0 Å². The zero-order chi connectivity index (χ0) is 20.4. The van der Waals surface area contributed by atoms with Gasteiger partial charge in [-0.25, -0.2) is 0 Å². The normalized spacial score (nSPS) is 34.1. The number of carbonyl (C=O) groups is 6. The maximum Gasteiger partial charge on any atom is 0.254 e. The summed E-state index contributed by atoms with van der Waals surface area (Å²) in [5.41, 5.74) is 0. The minimum absolute atomic E-state index is 0.0874. The van der Waals surface area contributed by atoms with Gasteiger partial charge in [-0.15, -0.1) is 0 Å². The predicted octanol–water partition coefficient (Wildman–Crippen LogP) is -0.703. The summed E-state index contributed by atoms with van der Waals surface area (Å²) in [5, 5.41) is 0. The fourth-order valence-electron chi connectivity index (χ4n) is 5.17. The number of imide groups is 3. The van der Waals surface area contributed by atoms with E-state index in [4.69, 9.17) is 0 Å². The van der Waals surface area contributed by atoms with Gasteiger partial charge in [0.25, 0.3) is 35.4 Å². The summed E-state index contributed by atoms with van der Waals surface area (Å²) in [6.45, 7) is 0. The molecule has 2 fully saturated rings. The SMILES string of the molecule is O=C1C=CC(=O)N1C1C(C2CCC2)C(N2C(=O)C=CC2=O)C1N1C(=O)C=CC1=O. The molecule has 3 aliphatic heterocycles. The van der Waals surface area contributed by atoms with Crippen LogP contribution >= 0.6 is 0 Å². The van der Waals surface area contributed by atoms with Crippen molar-refractivity contribution < 1.29 is 28.8 Å². The van der Waals surface area contributed by atoms with Gasteiger partial charge in [0.1, 0.15) is 0 Å². The summed E-state index contributed by atoms with van der Waals surface area (Å²) in [7, 11) is 0. The van der Waals surface area contributed by atoms with Gasteiger partial charge in [0, 0.05) is 42.4 Å². The zero-order valence-corrected chi connectivity index (χ0v) is 15.3. The number of carbonyl (C=O) groups excluding carboxylic acids is 6. The molecule has 0 saturated heterocycles. The van der Waals surface area contributed by atoms with Crippen molar-refractivity contribution in [2.24, 2.45) is 11.8 Å². The lowest BCUT2D eigenvalue weighted by Crippen LogP contribution is -2.79. The summed E-state index contributed by atoms with van der Waals surface area (Å²) < 4.78 is 0. The minimum Gasteiger partial charge on any atom is -0.270 e. The molecule has 9 nitrogen and oxygen atoms in total. The molecule has 148 valence electrons. The first kappa shape index (κ1) is 17.7. The third kappa shape index (κ3) is 2.33. The molecule has 0 bridgehead atoms. The number of rotatable bonds is 4. The summed E-state index contributed by atoms with van der Waals surface area (Å²) in [5.74, 6) is -3.52. The van der Waals surface area contributed by atoms with Crippen LogP contribution in [0.25, 0.3) is 0 Å². The zero-order valence-electron chi connectivity index (χ0n) is 15.3. The molecule has 6 amide bonds. The van der Waals surface area contributed by atoms with Crippen LogP contribution in [0.15, 0.2) is 36.5 Å². The van der Waals surface area contributed by atoms with Crippen LogP contribution in [0.4, 0.5) is 0 Å². The van der Waals surface area contributed by atoms with Crippen LogP contribution in [0, 0.1) is 11.8 Å². The molecule has 2 aliphatic carbocycles. The second-order valence-corrected chi connectivity index (χ2v) is 7.88. The summed E-state index contributed by atoms with van der Waals surface area (Å²) >= 11 is 0. The highest BCUT2D eigenvalue weighted by Gasteiger charge is 2.66. The lowest BCUT2D eigenvalue weighted by molar-refractivity contribution is -0.180. The molecule has 29 heavy (non-hydrogen) atoms. The molecule has 0 aromatic heterocycles. The molecule has 9 heteroatoms. The van der Waals surface area contributed by atoms with Crippen LogP contribution in [0.2, 0.25) is 0 Å². The molecule has 5 aliphatic rings. The minimum atomic E-state index is -0.962. The van der Waals surface area contributed by atoms with Gasteiger partial charge in [-0.3, -0.25) is 43.5 Å². The number of nitrogens with zero attached hydrogens (tertiary/aromatic N) is 3. The topological polar surface area (TPSA) is 112 Å². The van der Waals surface area contributed by atoms with Crippen LogP contribution in [0.3, 0.4) is 0 Å². The predicted molar refractivity (Wildman–Crippen MR) is 95.2 cm³/mol. The molecule has 2 unspecified atom stereocenters. The van der Waals surface area contributed by atoms with Crippen molar-refractivity contribution in [1.82, 2.24) is 14.7 Å². The van der Waals surface area contributed by atoms with Gasteiger partial charge in [0.15, 0.2) is 0 Å². The lowest BCUT2D eigenvalue weighted by Gasteiger charge is -2.61. The third-order valence-corrected chi connectivity index (χ3v) is 6.61. The van der Waals surface area contributed by atoms with Gasteiger partial charge in [0.05, 0.1) is 18.1 Å². The monoisotopic (exact) mass is 395 g/mol. The maximum absolute atomic E-state index is 12.4. The average Bonchev–Trinajstić information content (AvgIpc) is 3.25. The van der Waals surface area contributed by atoms with E-state index < -0.39 is 53.6 Å². The first-order chi connectivity index (χ1) is 13.9. The standard InChI is InChI=1S/C20H17N3O6/c24-11-4-5-12(25)21(11)18-17(10-2-1-3-10)19(22-13(26)6-7-14(22)27)20(18)23-15(28)8-9-16(23)29/h4-10,17-20H,1-3H2. The maximum atomic E-state index is 12.4. The van der Waals surface area contributed by atoms with Gasteiger partial charge >= 0.3 is 0 Å². The van der Waals surface area contributed by atoms with E-state index in [9.17, 15) is 28.8 Å². The summed E-state index contributed by atoms with van der Waals surface area (Å²) in [6.07, 6.45) is 9.49. The smallest absolute Gasteiger partial charge is 0.254 e. The Morgan fingerprint density at radius 1 is 0.517 bits per heavy atom. The molecule has 0 N–H and O–H groups in total. The number of hydrogen-bond acceptors (Lipinski definition) is 6. The quantitative estimate of drug-likeness (QED) is 0.582. The first-order valence-electron chi connectivity index (χ1n) is 9.56. The molecule has 2 atom stereocenters. The van der Waals surface area contributed by atoms with Crippen molar-refractivity contribution in [2.45, 2.75) is 37.4 Å². The Morgan fingerprint density at radius 2 is 0.828 bits per heavy atom. The molecule has 0 aromatic carbocycles. The molecule has 0 aromatic rings. The molecule has 5 rings (SSSR count). The number of hydrogen-bond donors (Lipinski definition) is 0. The van der Waals surface area contributed by atoms with Crippen molar-refractivity contribution in [2.75, 3.05) is 0 Å². The van der Waals surface area contributed by atoms with E-state index in [1.165, 1.54) is 0 Å². The molecule has 0 spiro atoms. The highest BCUT2D eigenvalue weighted by atomic mass is 16.2. The third-order valence-electron chi connectivity index (χ3n) is 6.61. The molecular formula is C20H17N3O6. The lowest BCUT2D eigenvalue weighted by atomic mass is 9.57. The van der Waals surface area contributed by atoms with Crippen LogP contribution in [-0.4, -0.2) is 68.3 Å². The Balaban J connectivity index is 1.59. The van der Waals surface area contributed by atoms with Gasteiger partial charge in [-0.05, 0) is 5.92 Å². The van der Waals surface area contributed by atoms with E-state index in [0.717, 1.165) is 70.4 Å². The summed E-state index contributed by atoms with van der Waals surface area (Å²) in [6, 6.07) is -2.50. The fourth-order valence-corrected chi connectivity index (χ4v) is 5.17. The molecule has 2 saturated carbocycles. The van der Waals surface area contributed by atoms with E-state index in [1.54, 1.807) is 0 Å². The molecule has 3 heterocycles. The van der Waals surface area contributed by atoms with E-state index in [2.05, 4.69) is 0 Å². The second kappa shape index (κ2) is 6.07. The van der Waals surface area contributed by atoms with Crippen molar-refractivity contribution >= 4 is 35.4 Å². The van der Waals surface area contributed by atoms with Crippen LogP contribution in [-0.2, 0) is 28.8 Å². The van der Waals surface area contributed by atoms with Crippen LogP contribution < -0.4 is 0 Å². The Labute approximate surface area is 165 Å². The number of amides is 6. The Morgan fingerprint density at radius 3 is 1.10 bits per heavy atom. The summed E-state index contributed by atoms with van der Waals surface area (Å²) in [4.78, 5) is 77.7. The van der Waals surface area contributed by atoms with E-state index in [-0.39, 0.29) is 11.8 Å². The Kier molecular flexibility index (Phi) is 3.71. The highest BCUT2D eigenvalue weighted by Crippen LogP contribution is 2.51. The van der Waals surface area contributed by atoms with Gasteiger partial charge in [0.2, 0.25) is 0 Å². The van der Waals surface area contributed by atoms with E-state index in [1.807, 2.05) is 0 Å². The highest BCUT2D eigenvalue weighted by molar-refractivity contribution is 6.16. The van der Waals surface area contributed by atoms with Crippen LogP contribution in [0.1, 0.15) is 19.3 Å². The average molecular weight is 395 g/mol. The fraction of sp³-hybridized carbons (Fsp3) is 0.400. The van der Waals surface area contributed by atoms with Crippen molar-refractivity contribution in [3.63, 3.8) is 0 Å². The van der Waals surface area contributed by atoms with Crippen molar-refractivity contribution in [3.8, 4) is 0 Å². The largest absolute Gasteiger partial charge is 0.270 e. The van der Waals surface area contributed by atoms with E-state index in [0.29, 0.717) is 0 Å². The molecule has 0 radical (unpaired) electrons. The van der Waals surface area contributed by atoms with Crippen LogP contribution in [0.5, 0.6) is 0 Å². The Bertz CT molecular complexity index is 871. The van der Waals surface area contributed by atoms with Crippen molar-refractivity contribution in [1.29, 1.82) is 0 Å². The van der Waals surface area contributed by atoms with Crippen molar-refractivity contribution in [3.05, 3.63) is 36.5 Å². The molecular weight excluding hydrogens is 378 g/mol. The van der Waals surface area contributed by atoms with Gasteiger partial charge in [-0.2, -0.15) is 0 Å². The van der Waals surface area contributed by atoms with Gasteiger partial charge in [-0.1, -0.05) is 19.3 Å².